The lowest BCUT2D eigenvalue weighted by molar-refractivity contribution is -0.960. The van der Waals surface area contributed by atoms with E-state index in [0.29, 0.717) is 87.8 Å². The summed E-state index contributed by atoms with van der Waals surface area (Å²) in [6, 6.07) is 14.1. The Bertz CT molecular complexity index is 3000. The van der Waals surface area contributed by atoms with E-state index in [1.165, 1.54) is 36.3 Å². The number of fused-ring (bicyclic) bond motifs is 1. The first kappa shape index (κ1) is 71.6. The number of carbonyl (C=O) groups is 7. The molecule has 88 heavy (non-hydrogen) atoms. The van der Waals surface area contributed by atoms with E-state index in [2.05, 4.69) is 68.7 Å². The van der Waals surface area contributed by atoms with Crippen LogP contribution in [-0.2, 0) is 76.7 Å². The Labute approximate surface area is 515 Å². The smallest absolute Gasteiger partial charge is 0.464 e. The van der Waals surface area contributed by atoms with Crippen molar-refractivity contribution in [1.82, 2.24) is 30.0 Å². The van der Waals surface area contributed by atoms with E-state index in [1.54, 1.807) is 24.2 Å². The quantitative estimate of drug-likeness (QED) is 0.0147. The number of pyridine rings is 1. The van der Waals surface area contributed by atoms with Crippen molar-refractivity contribution in [2.45, 2.75) is 133 Å². The van der Waals surface area contributed by atoms with Gasteiger partial charge in [0.1, 0.15) is 55.0 Å². The van der Waals surface area contributed by atoms with Crippen LogP contribution in [0.3, 0.4) is 0 Å². The van der Waals surface area contributed by atoms with E-state index in [0.717, 1.165) is 109 Å². The lowest BCUT2D eigenvalue weighted by Gasteiger charge is -2.44. The Hall–Kier alpha value is -7.14. The number of ether oxygens (including phenoxy) is 4. The van der Waals surface area contributed by atoms with E-state index in [9.17, 15) is 47.0 Å². The number of quaternary nitrogens is 1. The molecule has 9 rings (SSSR count). The fraction of sp³-hybridized carbons (Fsp3) is 0.541. The largest absolute Gasteiger partial charge is 0.490 e. The average Bonchev–Trinajstić information content (AvgIpc) is 2.58. The molecule has 0 radical (unpaired) electrons. The highest BCUT2D eigenvalue weighted by Crippen LogP contribution is 2.41. The van der Waals surface area contributed by atoms with Gasteiger partial charge in [-0.2, -0.15) is 13.2 Å². The van der Waals surface area contributed by atoms with Crippen molar-refractivity contribution >= 4 is 66.1 Å². The molecule has 5 atom stereocenters. The molecule has 482 valence electrons. The van der Waals surface area contributed by atoms with Crippen LogP contribution >= 0.6 is 11.8 Å². The molecule has 0 aliphatic carbocycles. The van der Waals surface area contributed by atoms with Crippen molar-refractivity contribution < 1.29 is 80.4 Å². The summed E-state index contributed by atoms with van der Waals surface area (Å²) in [5.41, 5.74) is 9.14. The predicted molar refractivity (Wildman–Crippen MR) is 322 cm³/mol. The third-order valence-corrected chi connectivity index (χ3v) is 16.3. The third kappa shape index (κ3) is 19.7. The van der Waals surface area contributed by atoms with Crippen LogP contribution < -0.4 is 26.0 Å². The normalized spacial score (nSPS) is 20.7. The number of methoxy groups -OCH3 is 1. The van der Waals surface area contributed by atoms with Crippen LogP contribution in [0.1, 0.15) is 120 Å². The summed E-state index contributed by atoms with van der Waals surface area (Å²) in [6.45, 7) is 11.5. The molecule has 5 aliphatic rings. The van der Waals surface area contributed by atoms with Crippen molar-refractivity contribution in [1.29, 1.82) is 0 Å². The van der Waals surface area contributed by atoms with Gasteiger partial charge in [0.2, 0.25) is 12.7 Å². The van der Waals surface area contributed by atoms with E-state index in [4.69, 9.17) is 29.1 Å². The molecule has 6 N–H and O–H groups in total. The number of hydrogen-bond acceptors (Lipinski definition) is 19. The number of anilines is 2. The molecule has 0 saturated carbocycles. The molecule has 4 aromatic rings. The zero-order chi connectivity index (χ0) is 64.6. The number of nitrogens with two attached hydrogens (primary N) is 1. The second-order valence-corrected chi connectivity index (χ2v) is 22.9. The van der Waals surface area contributed by atoms with Gasteiger partial charge in [0, 0.05) is 91.6 Å². The minimum absolute atomic E-state index is 0.0600. The highest BCUT2D eigenvalue weighted by Gasteiger charge is 2.44. The maximum absolute atomic E-state index is 14.6. The van der Waals surface area contributed by atoms with Crippen LogP contribution in [0.25, 0.3) is 0 Å². The molecule has 2 aromatic heterocycles. The van der Waals surface area contributed by atoms with Gasteiger partial charge in [-0.1, -0.05) is 26.2 Å². The van der Waals surface area contributed by atoms with Crippen molar-refractivity contribution in [3.05, 3.63) is 100 Å². The number of amides is 4. The number of piperidine rings is 1. The van der Waals surface area contributed by atoms with E-state index in [1.807, 2.05) is 42.6 Å². The fourth-order valence-corrected chi connectivity index (χ4v) is 12.0. The number of nitrogens with one attached hydrogen (secondary N) is 2. The number of aldehydes is 2. The Kier molecular flexibility index (Phi) is 28.1. The third-order valence-electron chi connectivity index (χ3n) is 15.5. The number of likely N-dealkylation sites (tertiary alicyclic amines) is 1. The Balaban J connectivity index is 0.000000402. The molecule has 7 heterocycles. The summed E-state index contributed by atoms with van der Waals surface area (Å²) in [6.07, 6.45) is 9.90. The number of thioether (sulfide) groups is 1. The first-order valence-electron chi connectivity index (χ1n) is 29.2. The number of aliphatic hydroxyl groups excluding tert-OH is 2. The second-order valence-electron chi connectivity index (χ2n) is 22.1. The number of rotatable bonds is 23. The molecule has 27 heteroatoms. The van der Waals surface area contributed by atoms with Crippen molar-refractivity contribution in [3.63, 3.8) is 0 Å². The minimum atomic E-state index is -4.85. The summed E-state index contributed by atoms with van der Waals surface area (Å²) >= 11 is 1.66. The van der Waals surface area contributed by atoms with Crippen LogP contribution in [-0.4, -0.2) is 180 Å². The highest BCUT2D eigenvalue weighted by atomic mass is 32.2. The van der Waals surface area contributed by atoms with Gasteiger partial charge in [-0.3, -0.25) is 33.8 Å². The maximum Gasteiger partial charge on any atom is 0.490 e. The van der Waals surface area contributed by atoms with Gasteiger partial charge in [-0.25, -0.2) is 9.78 Å². The zero-order valence-electron chi connectivity index (χ0n) is 51.1. The van der Waals surface area contributed by atoms with Crippen molar-refractivity contribution in [2.24, 2.45) is 18.7 Å². The predicted octanol–water partition coefficient (Wildman–Crippen LogP) is 5.75. The fourth-order valence-electron chi connectivity index (χ4n) is 11.3. The summed E-state index contributed by atoms with van der Waals surface area (Å²) in [5, 5.41) is 32.2. The van der Waals surface area contributed by atoms with Crippen LogP contribution in [0, 0.1) is 5.92 Å². The first-order valence-corrected chi connectivity index (χ1v) is 30.4. The summed E-state index contributed by atoms with van der Waals surface area (Å²) < 4.78 is 56.5. The lowest BCUT2D eigenvalue weighted by Crippen LogP contribution is -2.52. The van der Waals surface area contributed by atoms with E-state index in [-0.39, 0.29) is 42.4 Å². The maximum atomic E-state index is 14.6. The second kappa shape index (κ2) is 34.6. The van der Waals surface area contributed by atoms with Crippen LogP contribution in [0.15, 0.2) is 65.8 Å². The van der Waals surface area contributed by atoms with Crippen molar-refractivity contribution in [3.8, 4) is 5.75 Å². The number of alkyl halides is 3. The number of benzene rings is 2. The number of hydrogen-bond donors (Lipinski definition) is 5. The Morgan fingerprint density at radius 1 is 0.989 bits per heavy atom. The highest BCUT2D eigenvalue weighted by molar-refractivity contribution is 7.98. The molecule has 5 aliphatic heterocycles. The number of halogens is 3. The molecule has 3 fully saturated rings. The van der Waals surface area contributed by atoms with E-state index >= 15 is 0 Å². The lowest BCUT2D eigenvalue weighted by atomic mass is 9.75. The molecule has 4 unspecified atom stereocenters. The summed E-state index contributed by atoms with van der Waals surface area (Å²) in [5.74, 6) is 0.502. The van der Waals surface area contributed by atoms with Gasteiger partial charge in [0.25, 0.3) is 17.7 Å². The number of imide groups is 1. The number of carbonyl (C=O) groups excluding carboxylic acids is 7. The zero-order valence-corrected chi connectivity index (χ0v) is 51.9. The summed E-state index contributed by atoms with van der Waals surface area (Å²) in [4.78, 5) is 88.0. The Morgan fingerprint density at radius 2 is 1.68 bits per heavy atom. The number of primary amides is 1. The molecule has 23 nitrogen and oxygen atoms in total. The van der Waals surface area contributed by atoms with Crippen LogP contribution in [0.2, 0.25) is 0 Å². The monoisotopic (exact) mass is 1250 g/mol. The first-order chi connectivity index (χ1) is 42.2. The van der Waals surface area contributed by atoms with E-state index < -0.39 is 30.6 Å². The molecule has 4 amide bonds. The summed E-state index contributed by atoms with van der Waals surface area (Å²) in [7, 11) is 5.58. The number of unbranched alkanes of at least 4 members (excludes halogenated alkanes) is 4. The molecule has 0 spiro atoms. The molecule has 0 bridgehead atoms. The van der Waals surface area contributed by atoms with Gasteiger partial charge in [-0.15, -0.1) is 22.0 Å². The van der Waals surface area contributed by atoms with Gasteiger partial charge in [-0.05, 0) is 106 Å². The molecule has 3 saturated heterocycles. The number of esters is 1. The van der Waals surface area contributed by atoms with Crippen LogP contribution in [0.4, 0.5) is 24.8 Å². The standard InChI is InChI=1S/C44H54N7O7S.C12H20N2O2.C3H3F3O2.CH3NO.CH4O/c1-5-45-39-14-32(44(25-56-26-44)18-41-48-46-27-49(41)3)15-40(47-39)50-19-36-35(43(50)55)12-30(13-38(36)59-4)22-51(10-6-7-28(2)20-51)21-29-8-9-37(31(11-29)23-52)58-42-17-33(54)16-34(24-53)57-42;1-13-9-5-3-2-4-6-10-14-11(15)7-8-12(14)16;1-8-2(7)3(4,5)6;2-1-3;1-2/h8-9,11-15,23-24,27-28,33-34,42,54H,5-7,10,16-22,25-26H2,1-4H3,(H,45,47);7-8,13H,2-6,9-10H2,1H3;1H3;1H,(H2,2,3);2H,1H3/q+1;;;;/t28-,33?,34?,42?,51?;;;;/m0..../s1. The minimum Gasteiger partial charge on any atom is -0.464 e. The van der Waals surface area contributed by atoms with Crippen molar-refractivity contribution in [2.75, 3.05) is 83.7 Å². The van der Waals surface area contributed by atoms with Gasteiger partial charge < -0.3 is 59.4 Å². The van der Waals surface area contributed by atoms with Gasteiger partial charge in [0.15, 0.2) is 6.29 Å². The Morgan fingerprint density at radius 3 is 2.26 bits per heavy atom. The molecular formula is C61H84F3N10O13S+. The number of aliphatic hydroxyl groups is 2. The topological polar surface area (TPSA) is 297 Å². The van der Waals surface area contributed by atoms with Crippen LogP contribution in [0.5, 0.6) is 5.75 Å². The van der Waals surface area contributed by atoms with Gasteiger partial charge in [0.05, 0.1) is 51.6 Å². The number of nitrogens with zero attached hydrogens (tertiary/aromatic N) is 7. The van der Waals surface area contributed by atoms with Gasteiger partial charge >= 0.3 is 12.1 Å². The number of aromatic nitrogens is 4. The SMILES string of the molecule is CCNc1cc(C2(Cc3nncn3C)COC2)cc(N2Cc3c(SC)cc(C[N+]4(Cc5ccc(OC6CC(O)CC(C=O)O6)c(C=O)c5)CCC[C@H](C)C4)cc3C2=O)n1.CNCCCCCCCN1C(=O)C=CC1=O.CO.COC(=O)C(F)(F)F.NC=O. The number of aryl methyl sites for hydroxylation is 1. The average molecular weight is 1250 g/mol. The molecule has 2 aromatic carbocycles. The molecular weight excluding hydrogens is 1170 g/mol.